The molecular weight excluding hydrogens is 648 g/mol. The van der Waals surface area contributed by atoms with E-state index in [4.69, 9.17) is 18.9 Å². The van der Waals surface area contributed by atoms with Crippen molar-refractivity contribution in [2.75, 3.05) is 13.2 Å². The van der Waals surface area contributed by atoms with Crippen molar-refractivity contribution in [2.45, 2.75) is 89.3 Å². The summed E-state index contributed by atoms with van der Waals surface area (Å²) in [5.74, 6) is -3.91. The third kappa shape index (κ3) is 10.3. The van der Waals surface area contributed by atoms with Crippen LogP contribution in [0.2, 0.25) is 0 Å². The zero-order chi connectivity index (χ0) is 35.5. The molecule has 2 fully saturated rings. The lowest BCUT2D eigenvalue weighted by Gasteiger charge is -2.49. The molecule has 270 valence electrons. The SMILES string of the molecule is CC(F)(F)C1CCC(C(=O)N2C[C@H](OCc3ccccc3)[C@@H](OCc3ccccc3)[C@H](OCc3ccccc3)[C@@H]2COCc2ccccc2)CC1. The number of carbonyl (C=O) groups is 1. The number of likely N-dealkylation sites (tertiary alicyclic amines) is 1. The minimum absolute atomic E-state index is 0.0655. The molecule has 1 aliphatic carbocycles. The van der Waals surface area contributed by atoms with Crippen LogP contribution in [0.25, 0.3) is 0 Å². The van der Waals surface area contributed by atoms with Gasteiger partial charge in [0.25, 0.3) is 0 Å². The van der Waals surface area contributed by atoms with Gasteiger partial charge in [-0.1, -0.05) is 121 Å². The number of benzene rings is 4. The Morgan fingerprint density at radius 1 is 0.627 bits per heavy atom. The molecule has 2 aliphatic rings. The maximum absolute atomic E-state index is 14.6. The van der Waals surface area contributed by atoms with Crippen molar-refractivity contribution in [2.24, 2.45) is 11.8 Å². The van der Waals surface area contributed by atoms with Crippen molar-refractivity contribution < 1.29 is 32.5 Å². The Morgan fingerprint density at radius 3 is 1.53 bits per heavy atom. The van der Waals surface area contributed by atoms with Crippen molar-refractivity contribution in [3.63, 3.8) is 0 Å². The van der Waals surface area contributed by atoms with Gasteiger partial charge < -0.3 is 23.8 Å². The number of alkyl halides is 2. The lowest BCUT2D eigenvalue weighted by Crippen LogP contribution is -2.66. The lowest BCUT2D eigenvalue weighted by atomic mass is 9.78. The fourth-order valence-corrected chi connectivity index (χ4v) is 7.30. The highest BCUT2D eigenvalue weighted by atomic mass is 19.3. The van der Waals surface area contributed by atoms with Crippen molar-refractivity contribution in [1.29, 1.82) is 0 Å². The van der Waals surface area contributed by atoms with E-state index < -0.39 is 36.2 Å². The van der Waals surface area contributed by atoms with Crippen LogP contribution < -0.4 is 0 Å². The first-order valence-corrected chi connectivity index (χ1v) is 18.1. The number of halogens is 2. The highest BCUT2D eigenvalue weighted by Crippen LogP contribution is 2.40. The molecule has 1 saturated heterocycles. The third-order valence-electron chi connectivity index (χ3n) is 10.2. The van der Waals surface area contributed by atoms with E-state index in [0.29, 0.717) is 52.1 Å². The minimum atomic E-state index is -2.76. The van der Waals surface area contributed by atoms with E-state index in [9.17, 15) is 13.6 Å². The standard InChI is InChI=1S/C43H49F2NO5/c1-43(44,45)37-24-22-36(23-25-37)42(47)46-26-39(49-28-33-16-8-3-9-17-33)41(51-30-35-20-12-5-13-21-35)40(50-29-34-18-10-4-11-19-34)38(46)31-48-27-32-14-6-2-7-15-32/h2-21,36-41H,22-31H2,1H3/t36?,37?,38-,39-,40+,41+/m0/s1. The highest BCUT2D eigenvalue weighted by molar-refractivity contribution is 5.79. The molecule has 0 unspecified atom stereocenters. The highest BCUT2D eigenvalue weighted by Gasteiger charge is 2.49. The molecule has 1 amide bonds. The van der Waals surface area contributed by atoms with Crippen LogP contribution in [0.3, 0.4) is 0 Å². The third-order valence-corrected chi connectivity index (χ3v) is 10.2. The number of piperidine rings is 1. The predicted octanol–water partition coefficient (Wildman–Crippen LogP) is 8.63. The molecule has 0 aromatic heterocycles. The Hall–Kier alpha value is -3.95. The van der Waals surface area contributed by atoms with Gasteiger partial charge in [-0.15, -0.1) is 0 Å². The molecule has 1 heterocycles. The van der Waals surface area contributed by atoms with Crippen LogP contribution in [0.15, 0.2) is 121 Å². The molecule has 1 saturated carbocycles. The quantitative estimate of drug-likeness (QED) is 0.125. The van der Waals surface area contributed by atoms with Gasteiger partial charge in [-0.25, -0.2) is 8.78 Å². The van der Waals surface area contributed by atoms with Crippen LogP contribution in [0.4, 0.5) is 8.78 Å². The molecule has 6 rings (SSSR count). The Bertz CT molecular complexity index is 1600. The summed E-state index contributed by atoms with van der Waals surface area (Å²) in [7, 11) is 0. The number of hydrogen-bond acceptors (Lipinski definition) is 5. The summed E-state index contributed by atoms with van der Waals surface area (Å²) >= 11 is 0. The summed E-state index contributed by atoms with van der Waals surface area (Å²) in [4.78, 5) is 16.5. The van der Waals surface area contributed by atoms with E-state index in [0.717, 1.165) is 29.2 Å². The summed E-state index contributed by atoms with van der Waals surface area (Å²) in [5, 5.41) is 0. The van der Waals surface area contributed by atoms with Crippen LogP contribution in [0.1, 0.15) is 54.9 Å². The van der Waals surface area contributed by atoms with Crippen molar-refractivity contribution >= 4 is 5.91 Å². The molecule has 4 aromatic rings. The van der Waals surface area contributed by atoms with Gasteiger partial charge in [0, 0.05) is 11.8 Å². The van der Waals surface area contributed by atoms with Gasteiger partial charge in [0.05, 0.1) is 45.6 Å². The molecule has 4 aromatic carbocycles. The summed E-state index contributed by atoms with van der Waals surface area (Å²) in [5.41, 5.74) is 4.03. The van der Waals surface area contributed by atoms with E-state index >= 15 is 0 Å². The first-order valence-electron chi connectivity index (χ1n) is 18.1. The van der Waals surface area contributed by atoms with Gasteiger partial charge >= 0.3 is 0 Å². The zero-order valence-electron chi connectivity index (χ0n) is 29.3. The first-order chi connectivity index (χ1) is 24.8. The fourth-order valence-electron chi connectivity index (χ4n) is 7.30. The molecule has 1 aliphatic heterocycles. The normalized spacial score (nSPS) is 23.9. The summed E-state index contributed by atoms with van der Waals surface area (Å²) in [6.07, 6.45) is -0.220. The second kappa shape index (κ2) is 18.0. The fraction of sp³-hybridized carbons (Fsp3) is 0.419. The number of nitrogens with zero attached hydrogens (tertiary/aromatic N) is 1. The van der Waals surface area contributed by atoms with E-state index in [1.807, 2.05) is 126 Å². The second-order valence-corrected chi connectivity index (χ2v) is 13.9. The van der Waals surface area contributed by atoms with Gasteiger partial charge in [0.15, 0.2) is 0 Å². The van der Waals surface area contributed by atoms with Crippen LogP contribution in [-0.4, -0.2) is 54.2 Å². The number of amides is 1. The lowest BCUT2D eigenvalue weighted by molar-refractivity contribution is -0.213. The number of carbonyl (C=O) groups excluding carboxylic acids is 1. The molecule has 0 N–H and O–H groups in total. The van der Waals surface area contributed by atoms with E-state index in [-0.39, 0.29) is 25.0 Å². The number of hydrogen-bond donors (Lipinski definition) is 0. The Kier molecular flexibility index (Phi) is 13.0. The zero-order valence-corrected chi connectivity index (χ0v) is 29.3. The summed E-state index contributed by atoms with van der Waals surface area (Å²) < 4.78 is 55.2. The van der Waals surface area contributed by atoms with E-state index in [2.05, 4.69) is 0 Å². The minimum Gasteiger partial charge on any atom is -0.375 e. The molecule has 0 spiro atoms. The maximum Gasteiger partial charge on any atom is 0.248 e. The molecule has 0 bridgehead atoms. The molecule has 6 nitrogen and oxygen atoms in total. The average Bonchev–Trinajstić information content (AvgIpc) is 3.17. The van der Waals surface area contributed by atoms with Gasteiger partial charge in [-0.3, -0.25) is 4.79 Å². The second-order valence-electron chi connectivity index (χ2n) is 13.9. The van der Waals surface area contributed by atoms with Crippen LogP contribution in [0, 0.1) is 11.8 Å². The average molecular weight is 698 g/mol. The molecular formula is C43H49F2NO5. The maximum atomic E-state index is 14.6. The monoisotopic (exact) mass is 697 g/mol. The Balaban J connectivity index is 1.32. The Labute approximate surface area is 300 Å². The Morgan fingerprint density at radius 2 is 1.06 bits per heavy atom. The van der Waals surface area contributed by atoms with Crippen LogP contribution in [0.5, 0.6) is 0 Å². The van der Waals surface area contributed by atoms with Gasteiger partial charge in [-0.05, 0) is 54.9 Å². The largest absolute Gasteiger partial charge is 0.375 e. The topological polar surface area (TPSA) is 57.2 Å². The van der Waals surface area contributed by atoms with Crippen molar-refractivity contribution in [3.05, 3.63) is 144 Å². The number of ether oxygens (including phenoxy) is 4. The summed E-state index contributed by atoms with van der Waals surface area (Å²) in [6, 6.07) is 39.3. The predicted molar refractivity (Wildman–Crippen MR) is 193 cm³/mol. The van der Waals surface area contributed by atoms with Crippen molar-refractivity contribution in [1.82, 2.24) is 4.90 Å². The van der Waals surface area contributed by atoms with Gasteiger partial charge in [-0.2, -0.15) is 0 Å². The van der Waals surface area contributed by atoms with E-state index in [1.165, 1.54) is 0 Å². The van der Waals surface area contributed by atoms with E-state index in [1.54, 1.807) is 0 Å². The molecule has 0 radical (unpaired) electrons. The van der Waals surface area contributed by atoms with Crippen molar-refractivity contribution in [3.8, 4) is 0 Å². The van der Waals surface area contributed by atoms with Gasteiger partial charge in [0.1, 0.15) is 18.3 Å². The summed E-state index contributed by atoms with van der Waals surface area (Å²) in [6.45, 7) is 2.79. The van der Waals surface area contributed by atoms with Crippen LogP contribution >= 0.6 is 0 Å². The molecule has 4 atom stereocenters. The smallest absolute Gasteiger partial charge is 0.248 e. The van der Waals surface area contributed by atoms with Gasteiger partial charge in [0.2, 0.25) is 11.8 Å². The first kappa shape index (κ1) is 36.8. The molecule has 51 heavy (non-hydrogen) atoms. The number of rotatable bonds is 15. The van der Waals surface area contributed by atoms with Crippen LogP contribution in [-0.2, 0) is 50.2 Å². The molecule has 8 heteroatoms.